The molecule has 4 rings (SSSR count). The highest BCUT2D eigenvalue weighted by Gasteiger charge is 2.26. The molecule has 1 atom stereocenters. The maximum atomic E-state index is 12.1. The van der Waals surface area contributed by atoms with Crippen LogP contribution in [-0.4, -0.2) is 22.9 Å². The number of carboxylic acids is 1. The first-order valence-corrected chi connectivity index (χ1v) is 11.6. The predicted molar refractivity (Wildman–Crippen MR) is 138 cm³/mol. The Morgan fingerprint density at radius 1 is 0.727 bits per heavy atom. The molecule has 0 radical (unpaired) electrons. The number of carbonyl (C=O) groups is 1. The second kappa shape index (κ2) is 10.9. The van der Waals surface area contributed by atoms with Gasteiger partial charge in [0, 0.05) is 23.9 Å². The van der Waals surface area contributed by atoms with Gasteiger partial charge in [-0.2, -0.15) is 12.6 Å². The molecule has 4 aromatic carbocycles. The van der Waals surface area contributed by atoms with Crippen molar-refractivity contribution < 1.29 is 9.90 Å². The Kier molecular flexibility index (Phi) is 7.48. The molecule has 0 amide bonds. The lowest BCUT2D eigenvalue weighted by Gasteiger charge is -2.31. The summed E-state index contributed by atoms with van der Waals surface area (Å²) in [6.45, 7) is 0.489. The van der Waals surface area contributed by atoms with E-state index >= 15 is 0 Å². The molecule has 1 N–H and O–H groups in total. The first-order valence-electron chi connectivity index (χ1n) is 11.0. The number of hydrogen-bond donors (Lipinski definition) is 2. The molecule has 0 saturated heterocycles. The van der Waals surface area contributed by atoms with Crippen LogP contribution in [0, 0.1) is 0 Å². The lowest BCUT2D eigenvalue weighted by molar-refractivity contribution is -0.138. The second-order valence-corrected chi connectivity index (χ2v) is 8.36. The molecule has 0 fully saturated rings. The topological polar surface area (TPSA) is 40.5 Å². The third kappa shape index (κ3) is 5.47. The van der Waals surface area contributed by atoms with Gasteiger partial charge in [-0.25, -0.2) is 4.79 Å². The highest BCUT2D eigenvalue weighted by Crippen LogP contribution is 2.34. The van der Waals surface area contributed by atoms with Crippen molar-refractivity contribution in [3.05, 3.63) is 138 Å². The molecule has 0 aliphatic carbocycles. The molecule has 0 heterocycles. The summed E-state index contributed by atoms with van der Waals surface area (Å²) >= 11 is 4.37. The maximum absolute atomic E-state index is 12.1. The van der Waals surface area contributed by atoms with Gasteiger partial charge in [-0.05, 0) is 34.4 Å². The van der Waals surface area contributed by atoms with E-state index in [1.165, 1.54) is 11.1 Å². The second-order valence-electron chi connectivity index (χ2n) is 8.00. The summed E-state index contributed by atoms with van der Waals surface area (Å²) in [7, 11) is 0. The van der Waals surface area contributed by atoms with Crippen molar-refractivity contribution in [1.82, 2.24) is 0 Å². The summed E-state index contributed by atoms with van der Waals surface area (Å²) in [5, 5.41) is 9.93. The van der Waals surface area contributed by atoms with Crippen LogP contribution >= 0.6 is 12.6 Å². The van der Waals surface area contributed by atoms with E-state index in [9.17, 15) is 9.90 Å². The van der Waals surface area contributed by atoms with Gasteiger partial charge in [0.25, 0.3) is 0 Å². The number of rotatable bonds is 9. The van der Waals surface area contributed by atoms with Gasteiger partial charge in [-0.1, -0.05) is 103 Å². The minimum atomic E-state index is -0.881. The Bertz CT molecular complexity index is 1130. The van der Waals surface area contributed by atoms with Crippen LogP contribution < -0.4 is 4.90 Å². The van der Waals surface area contributed by atoms with E-state index in [-0.39, 0.29) is 11.7 Å². The van der Waals surface area contributed by atoms with Crippen LogP contribution in [0.4, 0.5) is 5.69 Å². The van der Waals surface area contributed by atoms with Gasteiger partial charge in [-0.3, -0.25) is 0 Å². The summed E-state index contributed by atoms with van der Waals surface area (Å²) in [5.74, 6) is -0.619. The van der Waals surface area contributed by atoms with Crippen LogP contribution in [0.3, 0.4) is 0 Å². The Morgan fingerprint density at radius 2 is 1.24 bits per heavy atom. The summed E-state index contributed by atoms with van der Waals surface area (Å²) < 4.78 is 0. The molecule has 0 aromatic heterocycles. The smallest absolute Gasteiger partial charge is 0.327 e. The standard InChI is InChI=1S/C29H27NO2S/c31-29(32)27(21-33)30(20-22-11-4-1-5-12-22)26-18-10-17-25(19-26)28(23-13-6-2-7-14-23)24-15-8-3-9-16-24/h1-19,27-28,33H,20-21H2,(H,31,32)/t27-/m0/s1. The van der Waals surface area contributed by atoms with Crippen LogP contribution in [0.5, 0.6) is 0 Å². The predicted octanol–water partition coefficient (Wildman–Crippen LogP) is 6.26. The highest BCUT2D eigenvalue weighted by molar-refractivity contribution is 7.80. The quantitative estimate of drug-likeness (QED) is 0.232. The third-order valence-electron chi connectivity index (χ3n) is 5.83. The number of nitrogens with zero attached hydrogens (tertiary/aromatic N) is 1. The van der Waals surface area contributed by atoms with E-state index in [4.69, 9.17) is 0 Å². The fourth-order valence-electron chi connectivity index (χ4n) is 4.22. The van der Waals surface area contributed by atoms with Crippen molar-refractivity contribution in [1.29, 1.82) is 0 Å². The van der Waals surface area contributed by atoms with Gasteiger partial charge < -0.3 is 10.0 Å². The third-order valence-corrected chi connectivity index (χ3v) is 6.18. The highest BCUT2D eigenvalue weighted by atomic mass is 32.1. The van der Waals surface area contributed by atoms with Crippen LogP contribution in [0.15, 0.2) is 115 Å². The normalized spacial score (nSPS) is 11.8. The summed E-state index contributed by atoms with van der Waals surface area (Å²) in [5.41, 5.74) is 5.43. The van der Waals surface area contributed by atoms with Crippen LogP contribution in [0.2, 0.25) is 0 Å². The van der Waals surface area contributed by atoms with Crippen LogP contribution in [0.1, 0.15) is 28.2 Å². The lowest BCUT2D eigenvalue weighted by Crippen LogP contribution is -2.42. The number of carboxylic acid groups (broad SMARTS) is 1. The Morgan fingerprint density at radius 3 is 1.76 bits per heavy atom. The summed E-state index contributed by atoms with van der Waals surface area (Å²) in [6, 6.07) is 38.3. The van der Waals surface area contributed by atoms with Gasteiger partial charge >= 0.3 is 5.97 Å². The molecule has 0 unspecified atom stereocenters. The van der Waals surface area contributed by atoms with Crippen molar-refractivity contribution >= 4 is 24.3 Å². The largest absolute Gasteiger partial charge is 0.480 e. The number of benzene rings is 4. The van der Waals surface area contributed by atoms with Gasteiger partial charge in [0.05, 0.1) is 0 Å². The molecule has 3 nitrogen and oxygen atoms in total. The molecule has 0 spiro atoms. The number of anilines is 1. The van der Waals surface area contributed by atoms with Crippen molar-refractivity contribution in [2.75, 3.05) is 10.7 Å². The SMILES string of the molecule is O=C(O)[C@H](CS)N(Cc1ccccc1)c1cccc(C(c2ccccc2)c2ccccc2)c1. The van der Waals surface area contributed by atoms with E-state index in [1.807, 2.05) is 59.5 Å². The van der Waals surface area contributed by atoms with E-state index in [1.54, 1.807) is 0 Å². The minimum Gasteiger partial charge on any atom is -0.480 e. The molecular formula is C29H27NO2S. The minimum absolute atomic E-state index is 0.0465. The van der Waals surface area contributed by atoms with Crippen molar-refractivity contribution in [3.63, 3.8) is 0 Å². The Hall–Kier alpha value is -3.50. The zero-order chi connectivity index (χ0) is 23.0. The molecule has 0 aliphatic heterocycles. The number of thiol groups is 1. The van der Waals surface area contributed by atoms with Crippen molar-refractivity contribution in [3.8, 4) is 0 Å². The number of hydrogen-bond acceptors (Lipinski definition) is 3. The first-order chi connectivity index (χ1) is 16.2. The summed E-state index contributed by atoms with van der Waals surface area (Å²) in [4.78, 5) is 14.0. The lowest BCUT2D eigenvalue weighted by atomic mass is 9.85. The molecular weight excluding hydrogens is 426 g/mol. The zero-order valence-electron chi connectivity index (χ0n) is 18.3. The van der Waals surface area contributed by atoms with Gasteiger partial charge in [-0.15, -0.1) is 0 Å². The molecule has 4 heteroatoms. The van der Waals surface area contributed by atoms with E-state index < -0.39 is 12.0 Å². The fraction of sp³-hybridized carbons (Fsp3) is 0.138. The average molecular weight is 454 g/mol. The molecule has 0 saturated carbocycles. The zero-order valence-corrected chi connectivity index (χ0v) is 19.2. The molecule has 0 bridgehead atoms. The first kappa shape index (κ1) is 22.7. The Balaban J connectivity index is 1.79. The Labute approximate surface area is 200 Å². The van der Waals surface area contributed by atoms with Crippen molar-refractivity contribution in [2.45, 2.75) is 18.5 Å². The average Bonchev–Trinajstić information content (AvgIpc) is 2.86. The van der Waals surface area contributed by atoms with Crippen LogP contribution in [-0.2, 0) is 11.3 Å². The summed E-state index contributed by atoms with van der Waals surface area (Å²) in [6.07, 6.45) is 0. The monoisotopic (exact) mass is 453 g/mol. The van der Waals surface area contributed by atoms with Gasteiger partial charge in [0.1, 0.15) is 6.04 Å². The van der Waals surface area contributed by atoms with E-state index in [0.717, 1.165) is 16.8 Å². The van der Waals surface area contributed by atoms with E-state index in [2.05, 4.69) is 73.3 Å². The molecule has 4 aromatic rings. The molecule has 33 heavy (non-hydrogen) atoms. The number of aliphatic carboxylic acids is 1. The van der Waals surface area contributed by atoms with Crippen molar-refractivity contribution in [2.24, 2.45) is 0 Å². The van der Waals surface area contributed by atoms with Crippen LogP contribution in [0.25, 0.3) is 0 Å². The molecule has 0 aliphatic rings. The molecule has 166 valence electrons. The van der Waals surface area contributed by atoms with Gasteiger partial charge in [0.15, 0.2) is 0 Å². The van der Waals surface area contributed by atoms with E-state index in [0.29, 0.717) is 6.54 Å². The van der Waals surface area contributed by atoms with Gasteiger partial charge in [0.2, 0.25) is 0 Å². The fourth-order valence-corrected chi connectivity index (χ4v) is 4.58. The maximum Gasteiger partial charge on any atom is 0.327 e.